The van der Waals surface area contributed by atoms with Crippen LogP contribution in [0.5, 0.6) is 5.75 Å². The molecule has 1 aromatic carbocycles. The number of hydrogen-bond acceptors (Lipinski definition) is 3. The molecule has 0 aliphatic heterocycles. The Labute approximate surface area is 122 Å². The summed E-state index contributed by atoms with van der Waals surface area (Å²) in [6.07, 6.45) is 0.535. The van der Waals surface area contributed by atoms with Crippen molar-refractivity contribution >= 4 is 11.6 Å². The molecular weight excluding hydrogens is 281 g/mol. The standard InChI is InChI=1S/C14H17ClFN3O/c1-8-10(14(15)19(2)18-8)7-12(17)9-4-5-11(16)13(6-9)20-3/h4-6,12H,7,17H2,1-3H3. The van der Waals surface area contributed by atoms with Gasteiger partial charge in [-0.05, 0) is 31.0 Å². The molecule has 0 radical (unpaired) electrons. The molecule has 1 heterocycles. The van der Waals surface area contributed by atoms with Gasteiger partial charge in [0.1, 0.15) is 5.15 Å². The van der Waals surface area contributed by atoms with Crippen molar-refractivity contribution in [2.24, 2.45) is 12.8 Å². The van der Waals surface area contributed by atoms with Crippen LogP contribution >= 0.6 is 11.6 Å². The molecule has 0 fully saturated rings. The molecule has 20 heavy (non-hydrogen) atoms. The minimum atomic E-state index is -0.404. The van der Waals surface area contributed by atoms with Crippen LogP contribution in [0.1, 0.15) is 22.9 Å². The Morgan fingerprint density at radius 1 is 1.50 bits per heavy atom. The van der Waals surface area contributed by atoms with Crippen LogP contribution in [-0.2, 0) is 13.5 Å². The van der Waals surface area contributed by atoms with Gasteiger partial charge in [-0.25, -0.2) is 4.39 Å². The van der Waals surface area contributed by atoms with Crippen molar-refractivity contribution in [2.45, 2.75) is 19.4 Å². The molecule has 4 nitrogen and oxygen atoms in total. The summed E-state index contributed by atoms with van der Waals surface area (Å²) >= 11 is 6.19. The van der Waals surface area contributed by atoms with Gasteiger partial charge in [0.25, 0.3) is 0 Å². The second kappa shape index (κ2) is 5.81. The van der Waals surface area contributed by atoms with Crippen LogP contribution in [-0.4, -0.2) is 16.9 Å². The first kappa shape index (κ1) is 14.8. The topological polar surface area (TPSA) is 53.1 Å². The van der Waals surface area contributed by atoms with Crippen molar-refractivity contribution in [3.05, 3.63) is 46.0 Å². The lowest BCUT2D eigenvalue weighted by Crippen LogP contribution is -2.14. The van der Waals surface area contributed by atoms with Crippen molar-refractivity contribution in [3.63, 3.8) is 0 Å². The van der Waals surface area contributed by atoms with Gasteiger partial charge in [0, 0.05) is 18.7 Å². The van der Waals surface area contributed by atoms with E-state index in [1.54, 1.807) is 23.9 Å². The van der Waals surface area contributed by atoms with Crippen molar-refractivity contribution in [1.29, 1.82) is 0 Å². The van der Waals surface area contributed by atoms with Crippen molar-refractivity contribution in [1.82, 2.24) is 9.78 Å². The number of ether oxygens (including phenoxy) is 1. The van der Waals surface area contributed by atoms with E-state index in [9.17, 15) is 4.39 Å². The Bertz CT molecular complexity index is 627. The predicted octanol–water partition coefficient (Wildman–Crippen LogP) is 2.77. The highest BCUT2D eigenvalue weighted by Crippen LogP contribution is 2.27. The van der Waals surface area contributed by atoms with Crippen LogP contribution in [0.4, 0.5) is 4.39 Å². The van der Waals surface area contributed by atoms with Gasteiger partial charge in [0.05, 0.1) is 12.8 Å². The fraction of sp³-hybridized carbons (Fsp3) is 0.357. The minimum absolute atomic E-state index is 0.187. The SMILES string of the molecule is COc1cc(C(N)Cc2c(C)nn(C)c2Cl)ccc1F. The van der Waals surface area contributed by atoms with Gasteiger partial charge < -0.3 is 10.5 Å². The lowest BCUT2D eigenvalue weighted by atomic mass is 10.00. The summed E-state index contributed by atoms with van der Waals surface area (Å²) in [5.41, 5.74) is 8.72. The summed E-state index contributed by atoms with van der Waals surface area (Å²) < 4.78 is 20.0. The van der Waals surface area contributed by atoms with Crippen LogP contribution < -0.4 is 10.5 Å². The van der Waals surface area contributed by atoms with Crippen molar-refractivity contribution in [2.75, 3.05) is 7.11 Å². The molecule has 6 heteroatoms. The van der Waals surface area contributed by atoms with Crippen molar-refractivity contribution < 1.29 is 9.13 Å². The fourth-order valence-corrected chi connectivity index (χ4v) is 2.40. The first-order valence-corrected chi connectivity index (χ1v) is 6.58. The molecule has 0 saturated heterocycles. The Morgan fingerprint density at radius 2 is 2.20 bits per heavy atom. The average molecular weight is 298 g/mol. The Kier molecular flexibility index (Phi) is 4.30. The van der Waals surface area contributed by atoms with Crippen LogP contribution in [0, 0.1) is 12.7 Å². The van der Waals surface area contributed by atoms with Crippen LogP contribution in [0.3, 0.4) is 0 Å². The molecule has 1 aromatic heterocycles. The Morgan fingerprint density at radius 3 is 2.75 bits per heavy atom. The number of nitrogens with zero attached hydrogens (tertiary/aromatic N) is 2. The summed E-state index contributed by atoms with van der Waals surface area (Å²) in [5.74, 6) is -0.217. The lowest BCUT2D eigenvalue weighted by molar-refractivity contribution is 0.385. The maximum Gasteiger partial charge on any atom is 0.165 e. The van der Waals surface area contributed by atoms with Crippen LogP contribution in [0.15, 0.2) is 18.2 Å². The molecule has 2 N–H and O–H groups in total. The molecule has 1 atom stereocenters. The van der Waals surface area contributed by atoms with Crippen LogP contribution in [0.2, 0.25) is 5.15 Å². The third-order valence-electron chi connectivity index (χ3n) is 3.30. The van der Waals surface area contributed by atoms with Crippen LogP contribution in [0.25, 0.3) is 0 Å². The third kappa shape index (κ3) is 2.78. The van der Waals surface area contributed by atoms with E-state index in [4.69, 9.17) is 22.1 Å². The Balaban J connectivity index is 2.26. The smallest absolute Gasteiger partial charge is 0.165 e. The van der Waals surface area contributed by atoms with E-state index in [1.807, 2.05) is 6.92 Å². The van der Waals surface area contributed by atoms with E-state index in [0.717, 1.165) is 16.8 Å². The Hall–Kier alpha value is -1.59. The summed E-state index contributed by atoms with van der Waals surface area (Å²) in [6.45, 7) is 1.89. The molecule has 2 rings (SSSR count). The summed E-state index contributed by atoms with van der Waals surface area (Å²) in [5, 5.41) is 4.83. The average Bonchev–Trinajstić information content (AvgIpc) is 2.66. The number of methoxy groups -OCH3 is 1. The second-order valence-electron chi connectivity index (χ2n) is 4.68. The first-order valence-electron chi connectivity index (χ1n) is 6.21. The van der Waals surface area contributed by atoms with E-state index in [1.165, 1.54) is 13.2 Å². The van der Waals surface area contributed by atoms with E-state index < -0.39 is 5.82 Å². The van der Waals surface area contributed by atoms with Gasteiger partial charge in [-0.3, -0.25) is 4.68 Å². The highest BCUT2D eigenvalue weighted by Gasteiger charge is 2.17. The number of rotatable bonds is 4. The number of aryl methyl sites for hydroxylation is 2. The number of benzene rings is 1. The maximum absolute atomic E-state index is 13.4. The molecule has 0 aliphatic carbocycles. The van der Waals surface area contributed by atoms with Gasteiger partial charge in [-0.2, -0.15) is 5.10 Å². The molecule has 0 saturated carbocycles. The molecular formula is C14H17ClFN3O. The summed E-state index contributed by atoms with van der Waals surface area (Å²) in [7, 11) is 3.21. The normalized spacial score (nSPS) is 12.5. The first-order chi connectivity index (χ1) is 9.43. The highest BCUT2D eigenvalue weighted by atomic mass is 35.5. The number of hydrogen-bond donors (Lipinski definition) is 1. The lowest BCUT2D eigenvalue weighted by Gasteiger charge is -2.13. The quantitative estimate of drug-likeness (QED) is 0.944. The third-order valence-corrected chi connectivity index (χ3v) is 3.77. The van der Waals surface area contributed by atoms with E-state index in [-0.39, 0.29) is 11.8 Å². The zero-order valence-corrected chi connectivity index (χ0v) is 12.4. The van der Waals surface area contributed by atoms with Gasteiger partial charge in [0.2, 0.25) is 0 Å². The van der Waals surface area contributed by atoms with Gasteiger partial charge in [-0.1, -0.05) is 17.7 Å². The highest BCUT2D eigenvalue weighted by molar-refractivity contribution is 6.30. The van der Waals surface area contributed by atoms with E-state index in [2.05, 4.69) is 5.10 Å². The maximum atomic E-state index is 13.4. The largest absolute Gasteiger partial charge is 0.494 e. The minimum Gasteiger partial charge on any atom is -0.494 e. The summed E-state index contributed by atoms with van der Waals surface area (Å²) in [4.78, 5) is 0. The zero-order chi connectivity index (χ0) is 14.9. The number of nitrogens with two attached hydrogens (primary N) is 1. The van der Waals surface area contributed by atoms with Gasteiger partial charge >= 0.3 is 0 Å². The van der Waals surface area contributed by atoms with E-state index in [0.29, 0.717) is 11.6 Å². The molecule has 0 aliphatic rings. The van der Waals surface area contributed by atoms with Gasteiger partial charge in [0.15, 0.2) is 11.6 Å². The molecule has 2 aromatic rings. The zero-order valence-electron chi connectivity index (χ0n) is 11.7. The number of aromatic nitrogens is 2. The predicted molar refractivity (Wildman–Crippen MR) is 76.5 cm³/mol. The molecule has 0 amide bonds. The molecule has 108 valence electrons. The van der Waals surface area contributed by atoms with E-state index >= 15 is 0 Å². The molecule has 1 unspecified atom stereocenters. The second-order valence-corrected chi connectivity index (χ2v) is 5.04. The van der Waals surface area contributed by atoms with Gasteiger partial charge in [-0.15, -0.1) is 0 Å². The van der Waals surface area contributed by atoms with Crippen molar-refractivity contribution in [3.8, 4) is 5.75 Å². The summed E-state index contributed by atoms with van der Waals surface area (Å²) in [6, 6.07) is 4.32. The number of halogens is 2. The molecule has 0 bridgehead atoms. The monoisotopic (exact) mass is 297 g/mol. The fourth-order valence-electron chi connectivity index (χ4n) is 2.15. The molecule has 0 spiro atoms.